The normalized spacial score (nSPS) is 22.0. The lowest BCUT2D eigenvalue weighted by molar-refractivity contribution is 0.317. The number of aromatic nitrogens is 5. The van der Waals surface area contributed by atoms with Crippen LogP contribution in [0.4, 0.5) is 0 Å². The molecule has 2 aromatic carbocycles. The highest BCUT2D eigenvalue weighted by Gasteiger charge is 2.28. The molecule has 0 radical (unpaired) electrons. The molecule has 5 aromatic rings. The lowest BCUT2D eigenvalue weighted by atomic mass is 9.86. The second-order valence-electron chi connectivity index (χ2n) is 12.2. The van der Waals surface area contributed by atoms with Crippen LogP contribution in [0.1, 0.15) is 60.3 Å². The Morgan fingerprint density at radius 3 is 2.42 bits per heavy atom. The summed E-state index contributed by atoms with van der Waals surface area (Å²) in [7, 11) is 0.515. The summed E-state index contributed by atoms with van der Waals surface area (Å²) < 4.78 is 31.2. The van der Waals surface area contributed by atoms with Crippen molar-refractivity contribution in [1.82, 2.24) is 33.5 Å². The molecule has 11 heteroatoms. The van der Waals surface area contributed by atoms with Crippen molar-refractivity contribution in [1.29, 1.82) is 0 Å². The number of fused-ring (bicyclic) bond motifs is 3. The predicted molar refractivity (Wildman–Crippen MR) is 168 cm³/mol. The summed E-state index contributed by atoms with van der Waals surface area (Å²) >= 11 is 0. The van der Waals surface area contributed by atoms with Crippen molar-refractivity contribution in [2.75, 3.05) is 25.9 Å². The van der Waals surface area contributed by atoms with E-state index in [2.05, 4.69) is 34.8 Å². The van der Waals surface area contributed by atoms with Gasteiger partial charge < -0.3 is 5.32 Å². The maximum atomic E-state index is 13.6. The maximum absolute atomic E-state index is 13.6. The summed E-state index contributed by atoms with van der Waals surface area (Å²) in [5.41, 5.74) is 6.71. The van der Waals surface area contributed by atoms with Crippen LogP contribution in [0.2, 0.25) is 0 Å². The van der Waals surface area contributed by atoms with Crippen molar-refractivity contribution >= 4 is 32.0 Å². The third-order valence-electron chi connectivity index (χ3n) is 9.40. The van der Waals surface area contributed by atoms with Crippen molar-refractivity contribution in [2.45, 2.75) is 43.6 Å². The minimum Gasteiger partial charge on any atom is -0.309 e. The van der Waals surface area contributed by atoms with Crippen molar-refractivity contribution < 1.29 is 8.42 Å². The number of benzene rings is 2. The first-order valence-electron chi connectivity index (χ1n) is 14.9. The summed E-state index contributed by atoms with van der Waals surface area (Å²) in [6.45, 7) is 1.93. The lowest BCUT2D eigenvalue weighted by Gasteiger charge is -2.31. The van der Waals surface area contributed by atoms with Crippen LogP contribution in [0.25, 0.3) is 27.6 Å². The Balaban J connectivity index is 1.22. The molecule has 10 nitrogen and oxygen atoms in total. The van der Waals surface area contributed by atoms with E-state index >= 15 is 0 Å². The molecule has 7 rings (SSSR count). The molecule has 43 heavy (non-hydrogen) atoms. The molecule has 0 bridgehead atoms. The summed E-state index contributed by atoms with van der Waals surface area (Å²) in [5.74, 6) is 0.494. The number of imidazole rings is 1. The fourth-order valence-corrected chi connectivity index (χ4v) is 7.88. The second-order valence-corrected chi connectivity index (χ2v) is 14.2. The van der Waals surface area contributed by atoms with E-state index in [1.807, 2.05) is 42.2 Å². The number of nitrogens with zero attached hydrogens (tertiary/aromatic N) is 6. The molecule has 224 valence electrons. The van der Waals surface area contributed by atoms with Gasteiger partial charge in [0.15, 0.2) is 0 Å². The average Bonchev–Trinajstić information content (AvgIpc) is 3.57. The molecule has 3 atom stereocenters. The van der Waals surface area contributed by atoms with Gasteiger partial charge >= 0.3 is 5.69 Å². The van der Waals surface area contributed by atoms with Crippen LogP contribution in [0, 0.1) is 0 Å². The summed E-state index contributed by atoms with van der Waals surface area (Å²) in [6, 6.07) is 14.8. The van der Waals surface area contributed by atoms with Crippen LogP contribution >= 0.6 is 0 Å². The zero-order valence-electron chi connectivity index (χ0n) is 24.8. The number of sulfonamides is 1. The minimum atomic E-state index is -3.22. The summed E-state index contributed by atoms with van der Waals surface area (Å²) in [4.78, 5) is 18.3. The first-order chi connectivity index (χ1) is 20.7. The number of aryl methyl sites for hydroxylation is 2. The molecule has 3 aromatic heterocycles. The molecule has 3 unspecified atom stereocenters. The van der Waals surface area contributed by atoms with Crippen LogP contribution in [0.5, 0.6) is 0 Å². The zero-order valence-corrected chi connectivity index (χ0v) is 25.6. The third-order valence-corrected chi connectivity index (χ3v) is 10.7. The van der Waals surface area contributed by atoms with Gasteiger partial charge in [0.1, 0.15) is 0 Å². The van der Waals surface area contributed by atoms with Crippen LogP contribution in [0.3, 0.4) is 0 Å². The fraction of sp³-hybridized carbons (Fsp3) is 0.406. The fourth-order valence-electron chi connectivity index (χ4n) is 6.97. The van der Waals surface area contributed by atoms with Gasteiger partial charge in [-0.2, -0.15) is 5.10 Å². The van der Waals surface area contributed by atoms with Crippen molar-refractivity contribution in [3.05, 3.63) is 88.2 Å². The second kappa shape index (κ2) is 10.7. The number of nitrogens with one attached hydrogen (secondary N) is 1. The molecule has 2 saturated heterocycles. The Labute approximate surface area is 251 Å². The van der Waals surface area contributed by atoms with Gasteiger partial charge in [0.2, 0.25) is 10.0 Å². The van der Waals surface area contributed by atoms with Crippen LogP contribution in [0.15, 0.2) is 65.8 Å². The van der Waals surface area contributed by atoms with E-state index in [-0.39, 0.29) is 11.6 Å². The van der Waals surface area contributed by atoms with Crippen LogP contribution in [-0.2, 0) is 24.1 Å². The molecular weight excluding hydrogens is 562 g/mol. The first kappa shape index (κ1) is 28.0. The zero-order chi connectivity index (χ0) is 29.9. The average molecular weight is 600 g/mol. The summed E-state index contributed by atoms with van der Waals surface area (Å²) in [6.07, 6.45) is 11.0. The molecular formula is C32H37N7O3S. The van der Waals surface area contributed by atoms with Crippen molar-refractivity contribution in [2.24, 2.45) is 14.1 Å². The molecule has 5 heterocycles. The maximum Gasteiger partial charge on any atom is 0.333 e. The van der Waals surface area contributed by atoms with Gasteiger partial charge in [0.25, 0.3) is 0 Å². The number of rotatable bonds is 5. The number of hydrogen-bond acceptors (Lipinski definition) is 6. The molecule has 2 aliphatic heterocycles. The van der Waals surface area contributed by atoms with E-state index in [0.717, 1.165) is 65.4 Å². The summed E-state index contributed by atoms with van der Waals surface area (Å²) in [5, 5.41) is 9.00. The highest BCUT2D eigenvalue weighted by atomic mass is 32.2. The van der Waals surface area contributed by atoms with Gasteiger partial charge in [-0.25, -0.2) is 17.5 Å². The molecule has 0 aliphatic carbocycles. The Morgan fingerprint density at radius 2 is 1.72 bits per heavy atom. The molecule has 0 saturated carbocycles. The molecule has 0 spiro atoms. The highest BCUT2D eigenvalue weighted by Crippen LogP contribution is 2.35. The highest BCUT2D eigenvalue weighted by molar-refractivity contribution is 7.88. The Morgan fingerprint density at radius 1 is 0.930 bits per heavy atom. The van der Waals surface area contributed by atoms with Gasteiger partial charge in [-0.15, -0.1) is 0 Å². The molecule has 2 fully saturated rings. The van der Waals surface area contributed by atoms with E-state index in [4.69, 9.17) is 4.98 Å². The molecule has 2 aliphatic rings. The van der Waals surface area contributed by atoms with E-state index < -0.39 is 10.0 Å². The number of pyridine rings is 1. The number of piperidine rings is 2. The van der Waals surface area contributed by atoms with Gasteiger partial charge in [0.05, 0.1) is 40.9 Å². The monoisotopic (exact) mass is 599 g/mol. The van der Waals surface area contributed by atoms with Crippen LogP contribution < -0.4 is 11.0 Å². The number of hydrogen-bond donors (Lipinski definition) is 1. The van der Waals surface area contributed by atoms with E-state index in [9.17, 15) is 13.2 Å². The quantitative estimate of drug-likeness (QED) is 0.328. The van der Waals surface area contributed by atoms with Gasteiger partial charge in [0, 0.05) is 56.9 Å². The van der Waals surface area contributed by atoms with E-state index in [1.54, 1.807) is 26.7 Å². The lowest BCUT2D eigenvalue weighted by Crippen LogP contribution is -2.38. The van der Waals surface area contributed by atoms with E-state index in [1.165, 1.54) is 17.4 Å². The topological polar surface area (TPSA) is 107 Å². The van der Waals surface area contributed by atoms with Crippen molar-refractivity contribution in [3.8, 4) is 5.69 Å². The minimum absolute atomic E-state index is 0.123. The van der Waals surface area contributed by atoms with Gasteiger partial charge in [-0.3, -0.25) is 18.8 Å². The van der Waals surface area contributed by atoms with Crippen LogP contribution in [-0.4, -0.2) is 62.5 Å². The Hall–Kier alpha value is -3.80. The largest absolute Gasteiger partial charge is 0.333 e. The SMILES string of the molecule is Cn1cc(C2CCC(c3ccc4ncc5c(c4c3)n(-c3ccc(C4CCCN(S(C)(=O)=O)C4)cc3)c(=O)n5C)CN2)cn1. The van der Waals surface area contributed by atoms with Crippen molar-refractivity contribution in [3.63, 3.8) is 0 Å². The smallest absolute Gasteiger partial charge is 0.309 e. The van der Waals surface area contributed by atoms with E-state index in [0.29, 0.717) is 25.0 Å². The molecule has 0 amide bonds. The van der Waals surface area contributed by atoms with Gasteiger partial charge in [-0.1, -0.05) is 18.2 Å². The Kier molecular flexibility index (Phi) is 6.98. The first-order valence-corrected chi connectivity index (χ1v) is 16.8. The predicted octanol–water partition coefficient (Wildman–Crippen LogP) is 3.96. The molecule has 1 N–H and O–H groups in total. The third kappa shape index (κ3) is 5.09. The standard InChI is InChI=1S/C32H37N7O3S/c1-36-19-25(17-35-36)28-12-9-23(16-33-28)22-8-13-29-27(15-22)31-30(18-34-29)37(2)32(40)39(31)26-10-6-21(7-11-26)24-5-4-14-38(20-24)43(3,41)42/h6-8,10-11,13,15,17-19,23-24,28,33H,4-5,9,12,14,16,20H2,1-3H3. The Bertz CT molecular complexity index is 1980. The van der Waals surface area contributed by atoms with Gasteiger partial charge in [-0.05, 0) is 72.9 Å².